The maximum absolute atomic E-state index is 11.8. The summed E-state index contributed by atoms with van der Waals surface area (Å²) in [6, 6.07) is 8.16. The number of ether oxygens (including phenoxy) is 2. The van der Waals surface area contributed by atoms with E-state index in [0.29, 0.717) is 19.8 Å². The molecule has 0 spiro atoms. The molecule has 0 amide bonds. The highest BCUT2D eigenvalue weighted by atomic mass is 79.9. The van der Waals surface area contributed by atoms with Crippen LogP contribution in [0.1, 0.15) is 5.56 Å². The lowest BCUT2D eigenvalue weighted by Gasteiger charge is -2.41. The fourth-order valence-electron chi connectivity index (χ4n) is 2.36. The van der Waals surface area contributed by atoms with E-state index in [0.717, 1.165) is 11.0 Å². The van der Waals surface area contributed by atoms with E-state index >= 15 is 0 Å². The second-order valence-corrected chi connectivity index (χ2v) is 5.98. The van der Waals surface area contributed by atoms with Gasteiger partial charge in [0.1, 0.15) is 5.41 Å². The van der Waals surface area contributed by atoms with Gasteiger partial charge in [0, 0.05) is 17.6 Å². The molecule has 0 aromatic heterocycles. The third kappa shape index (κ3) is 3.35. The molecule has 0 saturated carbocycles. The van der Waals surface area contributed by atoms with Crippen molar-refractivity contribution in [1.29, 1.82) is 0 Å². The van der Waals surface area contributed by atoms with Gasteiger partial charge >= 0.3 is 5.97 Å². The summed E-state index contributed by atoms with van der Waals surface area (Å²) in [5.41, 5.74) is 0.715. The quantitative estimate of drug-likeness (QED) is 0.776. The summed E-state index contributed by atoms with van der Waals surface area (Å²) in [4.78, 5) is 13.9. The molecule has 1 fully saturated rings. The van der Waals surface area contributed by atoms with Gasteiger partial charge in [-0.2, -0.15) is 0 Å². The highest BCUT2D eigenvalue weighted by Crippen LogP contribution is 2.30. The van der Waals surface area contributed by atoms with E-state index in [2.05, 4.69) is 33.0 Å². The number of hydrogen-bond donors (Lipinski definition) is 0. The molecule has 0 aliphatic carbocycles. The SMILES string of the molecule is COC(=O)C1(CN(C)Cc2cccc(Br)c2)COC1. The van der Waals surface area contributed by atoms with Gasteiger partial charge in [0.2, 0.25) is 0 Å². The van der Waals surface area contributed by atoms with Crippen molar-refractivity contribution < 1.29 is 14.3 Å². The van der Waals surface area contributed by atoms with E-state index in [1.807, 2.05) is 19.2 Å². The van der Waals surface area contributed by atoms with E-state index in [-0.39, 0.29) is 5.97 Å². The van der Waals surface area contributed by atoms with Crippen LogP contribution in [0.2, 0.25) is 0 Å². The lowest BCUT2D eigenvalue weighted by atomic mass is 9.85. The van der Waals surface area contributed by atoms with Gasteiger partial charge in [-0.25, -0.2) is 0 Å². The average Bonchev–Trinajstić information content (AvgIpc) is 2.33. The summed E-state index contributed by atoms with van der Waals surface area (Å²) >= 11 is 3.46. The second kappa shape index (κ2) is 6.03. The van der Waals surface area contributed by atoms with Crippen LogP contribution >= 0.6 is 15.9 Å². The molecule has 1 heterocycles. The van der Waals surface area contributed by atoms with Gasteiger partial charge in [-0.05, 0) is 24.7 Å². The fourth-order valence-corrected chi connectivity index (χ4v) is 2.80. The molecule has 0 unspecified atom stereocenters. The molecule has 1 aromatic carbocycles. The Morgan fingerprint density at radius 3 is 2.79 bits per heavy atom. The van der Waals surface area contributed by atoms with Gasteiger partial charge in [-0.1, -0.05) is 28.1 Å². The van der Waals surface area contributed by atoms with Crippen LogP contribution in [0.5, 0.6) is 0 Å². The molecule has 2 rings (SSSR count). The Morgan fingerprint density at radius 1 is 1.53 bits per heavy atom. The Balaban J connectivity index is 1.97. The predicted octanol–water partition coefficient (Wildman–Crippen LogP) is 2.07. The molecule has 1 saturated heterocycles. The summed E-state index contributed by atoms with van der Waals surface area (Å²) in [7, 11) is 3.43. The molecule has 0 atom stereocenters. The number of nitrogens with zero attached hydrogens (tertiary/aromatic N) is 1. The van der Waals surface area contributed by atoms with E-state index in [1.54, 1.807) is 0 Å². The third-order valence-corrected chi connectivity index (χ3v) is 3.78. The summed E-state index contributed by atoms with van der Waals surface area (Å²) in [6.45, 7) is 2.33. The van der Waals surface area contributed by atoms with Gasteiger partial charge in [-0.15, -0.1) is 0 Å². The van der Waals surface area contributed by atoms with Crippen LogP contribution in [0, 0.1) is 5.41 Å². The molecule has 0 N–H and O–H groups in total. The van der Waals surface area contributed by atoms with Gasteiger partial charge in [0.25, 0.3) is 0 Å². The number of hydrogen-bond acceptors (Lipinski definition) is 4. The Bertz CT molecular complexity index is 460. The van der Waals surface area contributed by atoms with E-state index in [9.17, 15) is 4.79 Å². The number of benzene rings is 1. The molecule has 0 radical (unpaired) electrons. The molecule has 1 aliphatic rings. The first-order valence-electron chi connectivity index (χ1n) is 6.15. The lowest BCUT2D eigenvalue weighted by Crippen LogP contribution is -2.55. The highest BCUT2D eigenvalue weighted by Gasteiger charge is 2.47. The first-order chi connectivity index (χ1) is 9.05. The smallest absolute Gasteiger partial charge is 0.317 e. The molecule has 104 valence electrons. The number of methoxy groups -OCH3 is 1. The Labute approximate surface area is 121 Å². The zero-order chi connectivity index (χ0) is 13.9. The molecule has 4 nitrogen and oxygen atoms in total. The van der Waals surface area contributed by atoms with Gasteiger partial charge in [0.05, 0.1) is 20.3 Å². The summed E-state index contributed by atoms with van der Waals surface area (Å²) < 4.78 is 11.1. The van der Waals surface area contributed by atoms with Gasteiger partial charge < -0.3 is 14.4 Å². The number of halogens is 1. The van der Waals surface area contributed by atoms with Crippen LogP contribution in [0.25, 0.3) is 0 Å². The summed E-state index contributed by atoms with van der Waals surface area (Å²) in [6.07, 6.45) is 0. The Hall–Kier alpha value is -0.910. The Morgan fingerprint density at radius 2 is 2.26 bits per heavy atom. The van der Waals surface area contributed by atoms with Crippen molar-refractivity contribution in [3.63, 3.8) is 0 Å². The highest BCUT2D eigenvalue weighted by molar-refractivity contribution is 9.10. The average molecular weight is 328 g/mol. The number of carbonyl (C=O) groups excluding carboxylic acids is 1. The van der Waals surface area contributed by atoms with Crippen molar-refractivity contribution in [2.75, 3.05) is 33.9 Å². The van der Waals surface area contributed by atoms with Crippen molar-refractivity contribution >= 4 is 21.9 Å². The third-order valence-electron chi connectivity index (χ3n) is 3.29. The van der Waals surface area contributed by atoms with Crippen LogP contribution in [0.4, 0.5) is 0 Å². The molecular formula is C14H18BrNO3. The topological polar surface area (TPSA) is 38.8 Å². The maximum Gasteiger partial charge on any atom is 0.317 e. The van der Waals surface area contributed by atoms with Crippen LogP contribution in [-0.2, 0) is 20.8 Å². The maximum atomic E-state index is 11.8. The molecule has 19 heavy (non-hydrogen) atoms. The van der Waals surface area contributed by atoms with Gasteiger partial charge in [-0.3, -0.25) is 4.79 Å². The van der Waals surface area contributed by atoms with Crippen molar-refractivity contribution in [3.05, 3.63) is 34.3 Å². The fraction of sp³-hybridized carbons (Fsp3) is 0.500. The van der Waals surface area contributed by atoms with Crippen molar-refractivity contribution in [2.45, 2.75) is 6.54 Å². The largest absolute Gasteiger partial charge is 0.468 e. The van der Waals surface area contributed by atoms with E-state index in [1.165, 1.54) is 12.7 Å². The normalized spacial score (nSPS) is 17.1. The van der Waals surface area contributed by atoms with E-state index < -0.39 is 5.41 Å². The lowest BCUT2D eigenvalue weighted by molar-refractivity contribution is -0.186. The van der Waals surface area contributed by atoms with Gasteiger partial charge in [0.15, 0.2) is 0 Å². The van der Waals surface area contributed by atoms with Crippen LogP contribution in [-0.4, -0.2) is 44.8 Å². The molecule has 1 aliphatic heterocycles. The number of carbonyl (C=O) groups is 1. The van der Waals surface area contributed by atoms with Crippen LogP contribution in [0.15, 0.2) is 28.7 Å². The standard InChI is InChI=1S/C14H18BrNO3/c1-16(7-11-4-3-5-12(15)6-11)8-14(9-19-10-14)13(17)18-2/h3-6H,7-10H2,1-2H3. The summed E-state index contributed by atoms with van der Waals surface area (Å²) in [5, 5.41) is 0. The van der Waals surface area contributed by atoms with Crippen molar-refractivity contribution in [1.82, 2.24) is 4.90 Å². The molecule has 5 heteroatoms. The van der Waals surface area contributed by atoms with Crippen molar-refractivity contribution in [2.24, 2.45) is 5.41 Å². The minimum Gasteiger partial charge on any atom is -0.468 e. The predicted molar refractivity (Wildman–Crippen MR) is 75.7 cm³/mol. The summed E-state index contributed by atoms with van der Waals surface area (Å²) in [5.74, 6) is -0.181. The van der Waals surface area contributed by atoms with Crippen LogP contribution in [0.3, 0.4) is 0 Å². The number of rotatable bonds is 5. The molecular weight excluding hydrogens is 310 g/mol. The minimum absolute atomic E-state index is 0.181. The molecule has 0 bridgehead atoms. The zero-order valence-corrected chi connectivity index (χ0v) is 12.8. The first-order valence-corrected chi connectivity index (χ1v) is 6.94. The first kappa shape index (κ1) is 14.5. The van der Waals surface area contributed by atoms with Crippen molar-refractivity contribution in [3.8, 4) is 0 Å². The monoisotopic (exact) mass is 327 g/mol. The Kier molecular flexibility index (Phi) is 4.60. The zero-order valence-electron chi connectivity index (χ0n) is 11.2. The second-order valence-electron chi connectivity index (χ2n) is 5.07. The van der Waals surface area contributed by atoms with Crippen LogP contribution < -0.4 is 0 Å². The van der Waals surface area contributed by atoms with E-state index in [4.69, 9.17) is 9.47 Å². The minimum atomic E-state index is -0.491. The molecule has 1 aromatic rings. The number of esters is 1.